The SMILES string of the molecule is CCCN1CCC(CNC(=NC)NCc2ccc(C)s2)C1.I. The third kappa shape index (κ3) is 6.42. The highest BCUT2D eigenvalue weighted by molar-refractivity contribution is 14.0. The quantitative estimate of drug-likeness (QED) is 0.409. The monoisotopic (exact) mass is 436 g/mol. The van der Waals surface area contributed by atoms with E-state index in [0.29, 0.717) is 0 Å². The standard InChI is InChI=1S/C16H28N4S.HI/c1-4-8-20-9-7-14(12-20)10-18-16(17-3)19-11-15-6-5-13(2)21-15;/h5-6,14H,4,7-12H2,1-3H3,(H2,17,18,19);1H. The summed E-state index contributed by atoms with van der Waals surface area (Å²) in [6, 6.07) is 4.35. The van der Waals surface area contributed by atoms with Gasteiger partial charge in [-0.1, -0.05) is 6.92 Å². The van der Waals surface area contributed by atoms with Crippen molar-refractivity contribution in [1.29, 1.82) is 0 Å². The van der Waals surface area contributed by atoms with E-state index >= 15 is 0 Å². The molecular weight excluding hydrogens is 407 g/mol. The lowest BCUT2D eigenvalue weighted by Gasteiger charge is -2.16. The molecule has 0 aromatic carbocycles. The molecule has 2 rings (SSSR count). The molecule has 1 aromatic rings. The van der Waals surface area contributed by atoms with Gasteiger partial charge in [0.2, 0.25) is 0 Å². The topological polar surface area (TPSA) is 39.7 Å². The van der Waals surface area contributed by atoms with Gasteiger partial charge in [-0.2, -0.15) is 0 Å². The van der Waals surface area contributed by atoms with E-state index in [9.17, 15) is 0 Å². The Balaban J connectivity index is 0.00000242. The number of hydrogen-bond acceptors (Lipinski definition) is 3. The number of guanidine groups is 1. The fraction of sp³-hybridized carbons (Fsp3) is 0.688. The molecule has 0 spiro atoms. The van der Waals surface area contributed by atoms with Crippen molar-refractivity contribution in [1.82, 2.24) is 15.5 Å². The summed E-state index contributed by atoms with van der Waals surface area (Å²) in [5, 5.41) is 6.86. The van der Waals surface area contributed by atoms with Crippen LogP contribution in [0.5, 0.6) is 0 Å². The van der Waals surface area contributed by atoms with Crippen LogP contribution in [0.3, 0.4) is 0 Å². The zero-order valence-electron chi connectivity index (χ0n) is 13.9. The minimum atomic E-state index is 0. The molecule has 0 aliphatic carbocycles. The van der Waals surface area contributed by atoms with Crippen LogP contribution >= 0.6 is 35.3 Å². The second-order valence-electron chi connectivity index (χ2n) is 5.77. The molecule has 1 aliphatic heterocycles. The van der Waals surface area contributed by atoms with Gasteiger partial charge in [0.05, 0.1) is 6.54 Å². The minimum absolute atomic E-state index is 0. The van der Waals surface area contributed by atoms with Crippen molar-refractivity contribution in [3.05, 3.63) is 21.9 Å². The van der Waals surface area contributed by atoms with Crippen LogP contribution in [0, 0.1) is 12.8 Å². The van der Waals surface area contributed by atoms with Crippen LogP contribution in [-0.2, 0) is 6.54 Å². The highest BCUT2D eigenvalue weighted by Crippen LogP contribution is 2.16. The molecule has 1 aliphatic rings. The first-order valence-electron chi connectivity index (χ1n) is 7.93. The first kappa shape index (κ1) is 19.7. The number of likely N-dealkylation sites (tertiary alicyclic amines) is 1. The Labute approximate surface area is 155 Å². The number of nitrogens with zero attached hydrogens (tertiary/aromatic N) is 2. The predicted molar refractivity (Wildman–Crippen MR) is 108 cm³/mol. The van der Waals surface area contributed by atoms with Crippen LogP contribution in [0.25, 0.3) is 0 Å². The number of aryl methyl sites for hydroxylation is 1. The van der Waals surface area contributed by atoms with Gasteiger partial charge < -0.3 is 15.5 Å². The fourth-order valence-electron chi connectivity index (χ4n) is 2.81. The lowest BCUT2D eigenvalue weighted by atomic mass is 10.1. The largest absolute Gasteiger partial charge is 0.356 e. The van der Waals surface area contributed by atoms with Crippen molar-refractivity contribution < 1.29 is 0 Å². The molecule has 2 N–H and O–H groups in total. The number of aliphatic imine (C=N–C) groups is 1. The van der Waals surface area contributed by atoms with Crippen LogP contribution < -0.4 is 10.6 Å². The van der Waals surface area contributed by atoms with Gasteiger partial charge in [0, 0.05) is 29.9 Å². The van der Waals surface area contributed by atoms with E-state index < -0.39 is 0 Å². The van der Waals surface area contributed by atoms with E-state index in [4.69, 9.17) is 0 Å². The number of thiophene rings is 1. The van der Waals surface area contributed by atoms with Crippen molar-refractivity contribution in [2.75, 3.05) is 33.2 Å². The summed E-state index contributed by atoms with van der Waals surface area (Å²) >= 11 is 1.84. The number of hydrogen-bond donors (Lipinski definition) is 2. The van der Waals surface area contributed by atoms with Gasteiger partial charge in [-0.05, 0) is 50.9 Å². The van der Waals surface area contributed by atoms with E-state index in [1.54, 1.807) is 0 Å². The second kappa shape index (κ2) is 10.4. The van der Waals surface area contributed by atoms with Gasteiger partial charge in [-0.3, -0.25) is 4.99 Å². The second-order valence-corrected chi connectivity index (χ2v) is 7.15. The third-order valence-electron chi connectivity index (χ3n) is 3.92. The van der Waals surface area contributed by atoms with E-state index in [2.05, 4.69) is 46.5 Å². The highest BCUT2D eigenvalue weighted by Gasteiger charge is 2.21. The summed E-state index contributed by atoms with van der Waals surface area (Å²) in [5.74, 6) is 1.66. The molecule has 22 heavy (non-hydrogen) atoms. The third-order valence-corrected chi connectivity index (χ3v) is 4.92. The molecule has 126 valence electrons. The molecule has 1 atom stereocenters. The molecule has 0 saturated carbocycles. The molecule has 1 unspecified atom stereocenters. The van der Waals surface area contributed by atoms with Crippen LogP contribution in [0.1, 0.15) is 29.5 Å². The van der Waals surface area contributed by atoms with Crippen molar-refractivity contribution in [2.45, 2.75) is 33.2 Å². The molecule has 6 heteroatoms. The Morgan fingerprint density at radius 3 is 2.86 bits per heavy atom. The fourth-order valence-corrected chi connectivity index (χ4v) is 3.64. The van der Waals surface area contributed by atoms with Gasteiger partial charge >= 0.3 is 0 Å². The molecule has 2 heterocycles. The molecular formula is C16H29IN4S. The highest BCUT2D eigenvalue weighted by atomic mass is 127. The molecule has 4 nitrogen and oxygen atoms in total. The van der Waals surface area contributed by atoms with Crippen LogP contribution in [0.2, 0.25) is 0 Å². The van der Waals surface area contributed by atoms with Crippen molar-refractivity contribution in [2.24, 2.45) is 10.9 Å². The predicted octanol–water partition coefficient (Wildman–Crippen LogP) is 3.07. The first-order valence-corrected chi connectivity index (χ1v) is 8.75. The molecule has 1 saturated heterocycles. The zero-order chi connectivity index (χ0) is 15.1. The maximum absolute atomic E-state index is 4.31. The summed E-state index contributed by atoms with van der Waals surface area (Å²) in [6.45, 7) is 9.98. The maximum Gasteiger partial charge on any atom is 0.191 e. The van der Waals surface area contributed by atoms with E-state index in [-0.39, 0.29) is 24.0 Å². The van der Waals surface area contributed by atoms with Gasteiger partial charge in [-0.25, -0.2) is 0 Å². The zero-order valence-corrected chi connectivity index (χ0v) is 17.0. The molecule has 0 bridgehead atoms. The molecule has 1 fully saturated rings. The van der Waals surface area contributed by atoms with Gasteiger partial charge in [-0.15, -0.1) is 35.3 Å². The number of rotatable bonds is 6. The van der Waals surface area contributed by atoms with Crippen molar-refractivity contribution in [3.63, 3.8) is 0 Å². The number of halogens is 1. The lowest BCUT2D eigenvalue weighted by molar-refractivity contribution is 0.324. The number of nitrogens with one attached hydrogen (secondary N) is 2. The van der Waals surface area contributed by atoms with Gasteiger partial charge in [0.1, 0.15) is 0 Å². The lowest BCUT2D eigenvalue weighted by Crippen LogP contribution is -2.39. The van der Waals surface area contributed by atoms with Crippen molar-refractivity contribution in [3.8, 4) is 0 Å². The smallest absolute Gasteiger partial charge is 0.191 e. The minimum Gasteiger partial charge on any atom is -0.356 e. The molecule has 1 aromatic heterocycles. The Bertz CT molecular complexity index is 461. The van der Waals surface area contributed by atoms with E-state index in [1.807, 2.05) is 18.4 Å². The Hall–Kier alpha value is -0.340. The van der Waals surface area contributed by atoms with Crippen LogP contribution in [0.15, 0.2) is 17.1 Å². The Morgan fingerprint density at radius 1 is 1.41 bits per heavy atom. The average molecular weight is 436 g/mol. The summed E-state index contributed by atoms with van der Waals surface area (Å²) in [7, 11) is 1.84. The maximum atomic E-state index is 4.31. The summed E-state index contributed by atoms with van der Waals surface area (Å²) in [4.78, 5) is 9.59. The van der Waals surface area contributed by atoms with Gasteiger partial charge in [0.25, 0.3) is 0 Å². The average Bonchev–Trinajstić information content (AvgIpc) is 3.09. The summed E-state index contributed by atoms with van der Waals surface area (Å²) in [6.07, 6.45) is 2.55. The first-order chi connectivity index (χ1) is 10.2. The normalized spacial score (nSPS) is 19.0. The van der Waals surface area contributed by atoms with E-state index in [0.717, 1.165) is 25.0 Å². The molecule has 0 radical (unpaired) electrons. The summed E-state index contributed by atoms with van der Waals surface area (Å²) in [5.41, 5.74) is 0. The van der Waals surface area contributed by atoms with Crippen LogP contribution in [0.4, 0.5) is 0 Å². The van der Waals surface area contributed by atoms with E-state index in [1.165, 1.54) is 42.2 Å². The Kier molecular flexibility index (Phi) is 9.35. The Morgan fingerprint density at radius 2 is 2.23 bits per heavy atom. The summed E-state index contributed by atoms with van der Waals surface area (Å²) < 4.78 is 0. The molecule has 0 amide bonds. The van der Waals surface area contributed by atoms with Gasteiger partial charge in [0.15, 0.2) is 5.96 Å². The van der Waals surface area contributed by atoms with Crippen molar-refractivity contribution >= 4 is 41.3 Å². The van der Waals surface area contributed by atoms with Crippen LogP contribution in [-0.4, -0.2) is 44.1 Å².